The number of ether oxygens (including phenoxy) is 2. The number of nitrogens with zero attached hydrogens (tertiary/aromatic N) is 1. The van der Waals surface area contributed by atoms with Crippen LogP contribution in [0.5, 0.6) is 11.5 Å². The molecule has 24 heavy (non-hydrogen) atoms. The summed E-state index contributed by atoms with van der Waals surface area (Å²) in [7, 11) is 0. The van der Waals surface area contributed by atoms with E-state index in [2.05, 4.69) is 24.1 Å². The standard InChI is InChI=1S/C19H28N2O3/c1-3-21(11-15-8-9-17-18(10-15)24-13-23-17)12-19(22)20-16-7-5-4-6-14(16)2/h8-10,14,16H,3-7,11-13H2,1-2H3,(H,20,22). The summed E-state index contributed by atoms with van der Waals surface area (Å²) in [5.41, 5.74) is 1.14. The van der Waals surface area contributed by atoms with Crippen LogP contribution in [0.1, 0.15) is 45.1 Å². The number of amides is 1. The van der Waals surface area contributed by atoms with Crippen molar-refractivity contribution in [3.63, 3.8) is 0 Å². The van der Waals surface area contributed by atoms with Crippen LogP contribution in [-0.4, -0.2) is 36.7 Å². The van der Waals surface area contributed by atoms with Crippen molar-refractivity contribution in [1.29, 1.82) is 0 Å². The normalized spacial score (nSPS) is 22.6. The van der Waals surface area contributed by atoms with Crippen LogP contribution < -0.4 is 14.8 Å². The number of hydrogen-bond acceptors (Lipinski definition) is 4. The van der Waals surface area contributed by atoms with Gasteiger partial charge in [0.1, 0.15) is 0 Å². The number of carbonyl (C=O) groups is 1. The lowest BCUT2D eigenvalue weighted by atomic mass is 9.86. The first-order valence-corrected chi connectivity index (χ1v) is 9.06. The van der Waals surface area contributed by atoms with Crippen LogP contribution in [0.2, 0.25) is 0 Å². The van der Waals surface area contributed by atoms with Crippen LogP contribution in [0, 0.1) is 5.92 Å². The third kappa shape index (κ3) is 4.20. The molecule has 5 heteroatoms. The second-order valence-corrected chi connectivity index (χ2v) is 6.93. The van der Waals surface area contributed by atoms with Crippen LogP contribution in [-0.2, 0) is 11.3 Å². The van der Waals surface area contributed by atoms with Crippen LogP contribution in [0.15, 0.2) is 18.2 Å². The Kier molecular flexibility index (Phi) is 5.61. The number of hydrogen-bond donors (Lipinski definition) is 1. The van der Waals surface area contributed by atoms with Gasteiger partial charge in [-0.05, 0) is 43.0 Å². The van der Waals surface area contributed by atoms with Gasteiger partial charge in [0.2, 0.25) is 12.7 Å². The molecule has 0 aromatic heterocycles. The van der Waals surface area contributed by atoms with Crippen molar-refractivity contribution in [2.45, 2.75) is 52.1 Å². The summed E-state index contributed by atoms with van der Waals surface area (Å²) in [6.07, 6.45) is 4.85. The molecule has 0 radical (unpaired) electrons. The molecule has 5 nitrogen and oxygen atoms in total. The van der Waals surface area contributed by atoms with Crippen molar-refractivity contribution < 1.29 is 14.3 Å². The fourth-order valence-electron chi connectivity index (χ4n) is 3.56. The van der Waals surface area contributed by atoms with Gasteiger partial charge in [-0.25, -0.2) is 0 Å². The van der Waals surface area contributed by atoms with Crippen molar-refractivity contribution in [2.75, 3.05) is 19.9 Å². The average molecular weight is 332 g/mol. The molecular formula is C19H28N2O3. The van der Waals surface area contributed by atoms with Gasteiger partial charge in [0.25, 0.3) is 0 Å². The molecule has 1 aliphatic carbocycles. The minimum Gasteiger partial charge on any atom is -0.454 e. The maximum atomic E-state index is 12.4. The monoisotopic (exact) mass is 332 g/mol. The largest absolute Gasteiger partial charge is 0.454 e. The van der Waals surface area contributed by atoms with Crippen molar-refractivity contribution in [2.24, 2.45) is 5.92 Å². The van der Waals surface area contributed by atoms with Crippen molar-refractivity contribution in [3.05, 3.63) is 23.8 Å². The minimum absolute atomic E-state index is 0.136. The van der Waals surface area contributed by atoms with Gasteiger partial charge < -0.3 is 14.8 Å². The average Bonchev–Trinajstić information content (AvgIpc) is 3.04. The Morgan fingerprint density at radius 3 is 2.83 bits per heavy atom. The molecule has 1 aromatic carbocycles. The third-order valence-corrected chi connectivity index (χ3v) is 5.12. The zero-order chi connectivity index (χ0) is 16.9. The molecule has 1 heterocycles. The molecule has 3 rings (SSSR count). The molecule has 1 N–H and O–H groups in total. The van der Waals surface area contributed by atoms with Gasteiger partial charge in [0.15, 0.2) is 11.5 Å². The van der Waals surface area contributed by atoms with Crippen LogP contribution in [0.3, 0.4) is 0 Å². The van der Waals surface area contributed by atoms with E-state index < -0.39 is 0 Å². The van der Waals surface area contributed by atoms with Crippen LogP contribution in [0.4, 0.5) is 0 Å². The van der Waals surface area contributed by atoms with Crippen molar-refractivity contribution in [3.8, 4) is 11.5 Å². The SMILES string of the molecule is CCN(CC(=O)NC1CCCCC1C)Cc1ccc2c(c1)OCO2. The topological polar surface area (TPSA) is 50.8 Å². The van der Waals surface area contributed by atoms with E-state index in [1.54, 1.807) is 0 Å². The van der Waals surface area contributed by atoms with Gasteiger partial charge in [0, 0.05) is 12.6 Å². The van der Waals surface area contributed by atoms with E-state index in [-0.39, 0.29) is 12.7 Å². The Hall–Kier alpha value is -1.75. The first-order chi connectivity index (χ1) is 11.7. The highest BCUT2D eigenvalue weighted by atomic mass is 16.7. The zero-order valence-corrected chi connectivity index (χ0v) is 14.7. The quantitative estimate of drug-likeness (QED) is 0.870. The number of likely N-dealkylation sites (N-methyl/N-ethyl adjacent to an activating group) is 1. The maximum Gasteiger partial charge on any atom is 0.234 e. The highest BCUT2D eigenvalue weighted by Crippen LogP contribution is 2.32. The molecule has 1 aromatic rings. The van der Waals surface area contributed by atoms with E-state index in [9.17, 15) is 4.79 Å². The van der Waals surface area contributed by atoms with E-state index >= 15 is 0 Å². The van der Waals surface area contributed by atoms with Crippen molar-refractivity contribution in [1.82, 2.24) is 10.2 Å². The predicted octanol–water partition coefficient (Wildman–Crippen LogP) is 2.93. The van der Waals surface area contributed by atoms with E-state index in [1.807, 2.05) is 18.2 Å². The third-order valence-electron chi connectivity index (χ3n) is 5.12. The molecule has 1 amide bonds. The Morgan fingerprint density at radius 1 is 1.25 bits per heavy atom. The molecule has 2 unspecified atom stereocenters. The fourth-order valence-corrected chi connectivity index (χ4v) is 3.56. The second kappa shape index (κ2) is 7.88. The van der Waals surface area contributed by atoms with E-state index in [4.69, 9.17) is 9.47 Å². The van der Waals surface area contributed by atoms with E-state index in [0.717, 1.165) is 36.6 Å². The zero-order valence-electron chi connectivity index (χ0n) is 14.7. The highest BCUT2D eigenvalue weighted by Gasteiger charge is 2.23. The first kappa shape index (κ1) is 17.1. The summed E-state index contributed by atoms with van der Waals surface area (Å²) < 4.78 is 10.8. The molecule has 0 bridgehead atoms. The van der Waals surface area contributed by atoms with E-state index in [0.29, 0.717) is 18.5 Å². The Morgan fingerprint density at radius 2 is 2.04 bits per heavy atom. The Labute approximate surface area is 144 Å². The molecular weight excluding hydrogens is 304 g/mol. The summed E-state index contributed by atoms with van der Waals surface area (Å²) in [5.74, 6) is 2.32. The van der Waals surface area contributed by atoms with Crippen LogP contribution >= 0.6 is 0 Å². The second-order valence-electron chi connectivity index (χ2n) is 6.93. The Balaban J connectivity index is 1.53. The molecule has 1 aliphatic heterocycles. The molecule has 2 aliphatic rings. The van der Waals surface area contributed by atoms with Crippen LogP contribution in [0.25, 0.3) is 0 Å². The first-order valence-electron chi connectivity index (χ1n) is 9.06. The molecule has 0 saturated heterocycles. The predicted molar refractivity (Wildman–Crippen MR) is 93.1 cm³/mol. The summed E-state index contributed by atoms with van der Waals surface area (Å²) in [6, 6.07) is 6.33. The lowest BCUT2D eigenvalue weighted by Gasteiger charge is -2.30. The molecule has 2 atom stereocenters. The lowest BCUT2D eigenvalue weighted by molar-refractivity contribution is -0.123. The molecule has 1 fully saturated rings. The molecule has 1 saturated carbocycles. The number of nitrogens with one attached hydrogen (secondary N) is 1. The Bertz CT molecular complexity index is 576. The smallest absolute Gasteiger partial charge is 0.234 e. The van der Waals surface area contributed by atoms with Gasteiger partial charge in [-0.15, -0.1) is 0 Å². The summed E-state index contributed by atoms with van der Waals surface area (Å²) in [6.45, 7) is 6.63. The number of rotatable bonds is 6. The summed E-state index contributed by atoms with van der Waals surface area (Å²) in [5, 5.41) is 3.24. The van der Waals surface area contributed by atoms with Gasteiger partial charge in [-0.3, -0.25) is 9.69 Å². The minimum atomic E-state index is 0.136. The highest BCUT2D eigenvalue weighted by molar-refractivity contribution is 5.78. The fraction of sp³-hybridized carbons (Fsp3) is 0.632. The maximum absolute atomic E-state index is 12.4. The number of carbonyl (C=O) groups excluding carboxylic acids is 1. The van der Waals surface area contributed by atoms with Gasteiger partial charge in [-0.1, -0.05) is 32.8 Å². The van der Waals surface area contributed by atoms with E-state index in [1.165, 1.54) is 19.3 Å². The summed E-state index contributed by atoms with van der Waals surface area (Å²) in [4.78, 5) is 14.6. The number of benzene rings is 1. The molecule has 0 spiro atoms. The molecule has 132 valence electrons. The lowest BCUT2D eigenvalue weighted by Crippen LogP contribution is -2.45. The van der Waals surface area contributed by atoms with Gasteiger partial charge in [0.05, 0.1) is 6.54 Å². The van der Waals surface area contributed by atoms with Crippen molar-refractivity contribution >= 4 is 5.91 Å². The summed E-state index contributed by atoms with van der Waals surface area (Å²) >= 11 is 0. The number of fused-ring (bicyclic) bond motifs is 1. The van der Waals surface area contributed by atoms with Gasteiger partial charge >= 0.3 is 0 Å². The van der Waals surface area contributed by atoms with Gasteiger partial charge in [-0.2, -0.15) is 0 Å².